The fourth-order valence-corrected chi connectivity index (χ4v) is 3.03. The second-order valence-corrected chi connectivity index (χ2v) is 6.03. The lowest BCUT2D eigenvalue weighted by molar-refractivity contribution is -0.126. The Bertz CT molecular complexity index is 828. The predicted octanol–water partition coefficient (Wildman–Crippen LogP) is 4.04. The SMILES string of the molecule is C\C=C/C(/C=C/C(=O)N1CCc2[nH]nc(-c3ccccc3)c2C1)=C\C. The second kappa shape index (κ2) is 7.79. The molecule has 2 aromatic rings. The van der Waals surface area contributed by atoms with Gasteiger partial charge in [-0.2, -0.15) is 5.10 Å². The Morgan fingerprint density at radius 2 is 1.96 bits per heavy atom. The van der Waals surface area contributed by atoms with Gasteiger partial charge in [-0.15, -0.1) is 0 Å². The number of hydrogen-bond donors (Lipinski definition) is 1. The number of carbonyl (C=O) groups is 1. The first-order valence-corrected chi connectivity index (χ1v) is 8.60. The van der Waals surface area contributed by atoms with Crippen molar-refractivity contribution in [3.63, 3.8) is 0 Å². The fourth-order valence-electron chi connectivity index (χ4n) is 3.03. The molecule has 3 rings (SSSR count). The number of amides is 1. The molecule has 1 aromatic heterocycles. The van der Waals surface area contributed by atoms with Gasteiger partial charge in [-0.05, 0) is 25.5 Å². The average molecular weight is 333 g/mol. The Morgan fingerprint density at radius 3 is 2.68 bits per heavy atom. The van der Waals surface area contributed by atoms with Crippen LogP contribution in [0.15, 0.2) is 66.3 Å². The van der Waals surface area contributed by atoms with Gasteiger partial charge in [-0.3, -0.25) is 9.89 Å². The third-order valence-corrected chi connectivity index (χ3v) is 4.40. The van der Waals surface area contributed by atoms with Crippen LogP contribution in [0.2, 0.25) is 0 Å². The van der Waals surface area contributed by atoms with Gasteiger partial charge in [0.05, 0.1) is 5.69 Å². The van der Waals surface area contributed by atoms with E-state index in [1.807, 2.05) is 73.4 Å². The number of fused-ring (bicyclic) bond motifs is 1. The molecule has 4 heteroatoms. The summed E-state index contributed by atoms with van der Waals surface area (Å²) < 4.78 is 0. The van der Waals surface area contributed by atoms with Crippen molar-refractivity contribution in [2.24, 2.45) is 0 Å². The third kappa shape index (κ3) is 3.79. The summed E-state index contributed by atoms with van der Waals surface area (Å²) in [4.78, 5) is 14.4. The van der Waals surface area contributed by atoms with Gasteiger partial charge < -0.3 is 4.90 Å². The summed E-state index contributed by atoms with van der Waals surface area (Å²) >= 11 is 0. The standard InChI is InChI=1S/C21H23N3O/c1-3-8-16(4-2)11-12-20(25)24-14-13-19-18(15-24)21(23-22-19)17-9-6-5-7-10-17/h3-12H,13-15H2,1-2H3,(H,22,23)/b8-3-,12-11+,16-4+. The first-order valence-electron chi connectivity index (χ1n) is 8.60. The molecular formula is C21H23N3O. The van der Waals surface area contributed by atoms with E-state index < -0.39 is 0 Å². The molecule has 2 heterocycles. The summed E-state index contributed by atoms with van der Waals surface area (Å²) in [5, 5.41) is 7.61. The van der Waals surface area contributed by atoms with E-state index in [4.69, 9.17) is 0 Å². The molecule has 4 nitrogen and oxygen atoms in total. The van der Waals surface area contributed by atoms with Crippen molar-refractivity contribution in [2.75, 3.05) is 6.54 Å². The summed E-state index contributed by atoms with van der Waals surface area (Å²) in [6.45, 7) is 5.24. The smallest absolute Gasteiger partial charge is 0.246 e. The normalized spacial score (nSPS) is 15.1. The van der Waals surface area contributed by atoms with Crippen molar-refractivity contribution in [3.8, 4) is 11.3 Å². The highest BCUT2D eigenvalue weighted by Crippen LogP contribution is 2.28. The van der Waals surface area contributed by atoms with E-state index in [0.29, 0.717) is 13.1 Å². The molecule has 0 atom stereocenters. The molecule has 25 heavy (non-hydrogen) atoms. The molecule has 128 valence electrons. The highest BCUT2D eigenvalue weighted by Gasteiger charge is 2.24. The first-order chi connectivity index (χ1) is 12.2. The Morgan fingerprint density at radius 1 is 1.16 bits per heavy atom. The topological polar surface area (TPSA) is 49.0 Å². The molecule has 0 fully saturated rings. The van der Waals surface area contributed by atoms with Crippen LogP contribution in [0.25, 0.3) is 11.3 Å². The van der Waals surface area contributed by atoms with Gasteiger partial charge in [-0.25, -0.2) is 0 Å². The number of carbonyl (C=O) groups excluding carboxylic acids is 1. The zero-order valence-corrected chi connectivity index (χ0v) is 14.7. The van der Waals surface area contributed by atoms with E-state index in [9.17, 15) is 4.79 Å². The third-order valence-electron chi connectivity index (χ3n) is 4.40. The minimum atomic E-state index is 0.0368. The highest BCUT2D eigenvalue weighted by atomic mass is 16.2. The van der Waals surface area contributed by atoms with E-state index in [2.05, 4.69) is 10.2 Å². The molecule has 0 saturated heterocycles. The number of aromatic amines is 1. The van der Waals surface area contributed by atoms with E-state index in [-0.39, 0.29) is 5.91 Å². The molecule has 0 spiro atoms. The molecule has 0 radical (unpaired) electrons. The predicted molar refractivity (Wildman–Crippen MR) is 101 cm³/mol. The molecular weight excluding hydrogens is 310 g/mol. The van der Waals surface area contributed by atoms with Crippen LogP contribution in [0.1, 0.15) is 25.1 Å². The monoisotopic (exact) mass is 333 g/mol. The van der Waals surface area contributed by atoms with Gasteiger partial charge in [-0.1, -0.05) is 48.6 Å². The van der Waals surface area contributed by atoms with Gasteiger partial charge in [0, 0.05) is 42.4 Å². The second-order valence-electron chi connectivity index (χ2n) is 6.03. The first kappa shape index (κ1) is 17.0. The molecule has 0 aliphatic carbocycles. The summed E-state index contributed by atoms with van der Waals surface area (Å²) in [6.07, 6.45) is 10.3. The van der Waals surface area contributed by atoms with Crippen LogP contribution < -0.4 is 0 Å². The number of aromatic nitrogens is 2. The van der Waals surface area contributed by atoms with E-state index in [1.165, 1.54) is 0 Å². The number of hydrogen-bond acceptors (Lipinski definition) is 2. The van der Waals surface area contributed by atoms with Crippen molar-refractivity contribution < 1.29 is 4.79 Å². The zero-order chi connectivity index (χ0) is 17.6. The van der Waals surface area contributed by atoms with Crippen molar-refractivity contribution in [2.45, 2.75) is 26.8 Å². The van der Waals surface area contributed by atoms with Crippen LogP contribution in [0.3, 0.4) is 0 Å². The lowest BCUT2D eigenvalue weighted by Gasteiger charge is -2.26. The number of nitrogens with one attached hydrogen (secondary N) is 1. The number of rotatable bonds is 4. The van der Waals surface area contributed by atoms with E-state index in [0.717, 1.165) is 34.5 Å². The number of nitrogens with zero attached hydrogens (tertiary/aromatic N) is 2. The van der Waals surface area contributed by atoms with Gasteiger partial charge in [0.25, 0.3) is 0 Å². The van der Waals surface area contributed by atoms with Gasteiger partial charge in [0.1, 0.15) is 0 Å². The molecule has 1 aliphatic rings. The number of allylic oxidation sites excluding steroid dienone is 5. The minimum absolute atomic E-state index is 0.0368. The summed E-state index contributed by atoms with van der Waals surface area (Å²) in [5.41, 5.74) is 5.31. The quantitative estimate of drug-likeness (QED) is 0.678. The molecule has 0 unspecified atom stereocenters. The largest absolute Gasteiger partial charge is 0.334 e. The molecule has 1 amide bonds. The van der Waals surface area contributed by atoms with E-state index >= 15 is 0 Å². The number of H-pyrrole nitrogens is 1. The maximum Gasteiger partial charge on any atom is 0.246 e. The Kier molecular flexibility index (Phi) is 5.29. The molecule has 0 saturated carbocycles. The lowest BCUT2D eigenvalue weighted by Crippen LogP contribution is -2.34. The molecule has 1 aliphatic heterocycles. The average Bonchev–Trinajstić information content (AvgIpc) is 3.08. The number of benzene rings is 1. The molecule has 0 bridgehead atoms. The molecule has 1 aromatic carbocycles. The Balaban J connectivity index is 1.78. The highest BCUT2D eigenvalue weighted by molar-refractivity contribution is 5.88. The Labute approximate surface area is 148 Å². The van der Waals surface area contributed by atoms with E-state index in [1.54, 1.807) is 6.08 Å². The minimum Gasteiger partial charge on any atom is -0.334 e. The van der Waals surface area contributed by atoms with Gasteiger partial charge >= 0.3 is 0 Å². The van der Waals surface area contributed by atoms with Crippen LogP contribution in [-0.4, -0.2) is 27.5 Å². The maximum atomic E-state index is 12.6. The summed E-state index contributed by atoms with van der Waals surface area (Å²) in [6, 6.07) is 10.1. The fraction of sp³-hybridized carbons (Fsp3) is 0.238. The summed E-state index contributed by atoms with van der Waals surface area (Å²) in [7, 11) is 0. The zero-order valence-electron chi connectivity index (χ0n) is 14.7. The van der Waals surface area contributed by atoms with Crippen LogP contribution in [-0.2, 0) is 17.8 Å². The van der Waals surface area contributed by atoms with Crippen molar-refractivity contribution in [1.82, 2.24) is 15.1 Å². The van der Waals surface area contributed by atoms with Crippen LogP contribution in [0.4, 0.5) is 0 Å². The summed E-state index contributed by atoms with van der Waals surface area (Å²) in [5.74, 6) is 0.0368. The molecule has 1 N–H and O–H groups in total. The Hall–Kier alpha value is -2.88. The van der Waals surface area contributed by atoms with Crippen LogP contribution in [0.5, 0.6) is 0 Å². The van der Waals surface area contributed by atoms with Crippen molar-refractivity contribution in [1.29, 1.82) is 0 Å². The van der Waals surface area contributed by atoms with Crippen molar-refractivity contribution in [3.05, 3.63) is 77.5 Å². The van der Waals surface area contributed by atoms with Crippen molar-refractivity contribution >= 4 is 5.91 Å². The van der Waals surface area contributed by atoms with Crippen LogP contribution in [0, 0.1) is 0 Å². The van der Waals surface area contributed by atoms with Gasteiger partial charge in [0.2, 0.25) is 5.91 Å². The van der Waals surface area contributed by atoms with Gasteiger partial charge in [0.15, 0.2) is 0 Å². The van der Waals surface area contributed by atoms with Crippen LogP contribution >= 0.6 is 0 Å². The lowest BCUT2D eigenvalue weighted by atomic mass is 10.0. The maximum absolute atomic E-state index is 12.6.